The topological polar surface area (TPSA) is 24.4 Å². The van der Waals surface area contributed by atoms with Gasteiger partial charge in [0, 0.05) is 29.7 Å². The summed E-state index contributed by atoms with van der Waals surface area (Å²) >= 11 is 12.2. The third-order valence-corrected chi connectivity index (χ3v) is 3.69. The van der Waals surface area contributed by atoms with Gasteiger partial charge in [0.1, 0.15) is 5.84 Å². The molecule has 118 valence electrons. The molecule has 2 rings (SSSR count). The average Bonchev–Trinajstić information content (AvgIpc) is 2.55. The van der Waals surface area contributed by atoms with E-state index in [0.717, 1.165) is 28.4 Å². The van der Waals surface area contributed by atoms with Gasteiger partial charge in [-0.15, -0.1) is 0 Å². The van der Waals surface area contributed by atoms with Gasteiger partial charge >= 0.3 is 0 Å². The number of nitrogens with zero attached hydrogens (tertiary/aromatic N) is 1. The molecule has 1 N–H and O–H groups in total. The highest BCUT2D eigenvalue weighted by Gasteiger charge is 2.04. The van der Waals surface area contributed by atoms with Gasteiger partial charge in [-0.05, 0) is 35.7 Å². The van der Waals surface area contributed by atoms with E-state index in [1.165, 1.54) is 5.56 Å². The van der Waals surface area contributed by atoms with Crippen LogP contribution in [0.5, 0.6) is 0 Å². The lowest BCUT2D eigenvalue weighted by Crippen LogP contribution is -2.19. The van der Waals surface area contributed by atoms with E-state index in [1.807, 2.05) is 45.2 Å². The van der Waals surface area contributed by atoms with Crippen molar-refractivity contribution >= 4 is 29.0 Å². The number of nitrogens with one attached hydrogen (secondary N) is 1. The number of hydrogen-bond donors (Lipinski definition) is 1. The third kappa shape index (κ3) is 5.04. The van der Waals surface area contributed by atoms with Gasteiger partial charge in [-0.1, -0.05) is 61.3 Å². The van der Waals surface area contributed by atoms with E-state index in [4.69, 9.17) is 23.2 Å². The molecule has 0 aromatic heterocycles. The Balaban J connectivity index is 0.00000116. The number of halogens is 2. The molecule has 4 heteroatoms. The number of rotatable bonds is 3. The third-order valence-electron chi connectivity index (χ3n) is 3.09. The van der Waals surface area contributed by atoms with E-state index in [0.29, 0.717) is 5.02 Å². The van der Waals surface area contributed by atoms with E-state index in [2.05, 4.69) is 22.4 Å². The highest BCUT2D eigenvalue weighted by molar-refractivity contribution is 6.33. The van der Waals surface area contributed by atoms with Crippen molar-refractivity contribution < 1.29 is 0 Å². The summed E-state index contributed by atoms with van der Waals surface area (Å²) in [6.07, 6.45) is 0.762. The van der Waals surface area contributed by atoms with E-state index < -0.39 is 0 Å². The summed E-state index contributed by atoms with van der Waals surface area (Å²) in [5.41, 5.74) is 3.28. The highest BCUT2D eigenvalue weighted by atomic mass is 35.5. The molecule has 0 fully saturated rings. The van der Waals surface area contributed by atoms with Crippen molar-refractivity contribution in [2.24, 2.45) is 4.99 Å². The summed E-state index contributed by atoms with van der Waals surface area (Å²) in [7, 11) is 3.63. The standard InChI is InChI=1S/C16H16Cl2N2.C2H6/c1-19-16(20-2)12-5-3-11(4-6-12)9-13-10-14(17)7-8-15(13)18;1-2/h3-8,10H,9H2,1-2H3,(H,19,20);1-2H3. The maximum atomic E-state index is 6.18. The first-order valence-electron chi connectivity index (χ1n) is 7.32. The fourth-order valence-electron chi connectivity index (χ4n) is 2.06. The molecule has 0 radical (unpaired) electrons. The van der Waals surface area contributed by atoms with Gasteiger partial charge < -0.3 is 5.32 Å². The smallest absolute Gasteiger partial charge is 0.127 e. The van der Waals surface area contributed by atoms with Crippen LogP contribution in [0.1, 0.15) is 30.5 Å². The normalized spacial score (nSPS) is 10.7. The molecule has 0 heterocycles. The molecule has 0 bridgehead atoms. The zero-order valence-electron chi connectivity index (χ0n) is 13.5. The molecule has 0 aliphatic carbocycles. The van der Waals surface area contributed by atoms with Gasteiger partial charge in [-0.2, -0.15) is 0 Å². The van der Waals surface area contributed by atoms with Crippen molar-refractivity contribution in [3.63, 3.8) is 0 Å². The van der Waals surface area contributed by atoms with Crippen molar-refractivity contribution in [2.75, 3.05) is 14.1 Å². The van der Waals surface area contributed by atoms with Crippen LogP contribution in [0.2, 0.25) is 10.0 Å². The Morgan fingerprint density at radius 1 is 1.05 bits per heavy atom. The van der Waals surface area contributed by atoms with Crippen LogP contribution in [0.3, 0.4) is 0 Å². The summed E-state index contributed by atoms with van der Waals surface area (Å²) in [4.78, 5) is 4.18. The first-order chi connectivity index (χ1) is 10.6. The van der Waals surface area contributed by atoms with Crippen molar-refractivity contribution in [2.45, 2.75) is 20.3 Å². The second kappa shape index (κ2) is 9.50. The zero-order valence-corrected chi connectivity index (χ0v) is 15.0. The first kappa shape index (κ1) is 18.5. The summed E-state index contributed by atoms with van der Waals surface area (Å²) in [5, 5.41) is 4.51. The molecule has 2 aromatic carbocycles. The molecular formula is C18H22Cl2N2. The molecule has 0 spiro atoms. The lowest BCUT2D eigenvalue weighted by molar-refractivity contribution is 1.14. The molecule has 2 nitrogen and oxygen atoms in total. The van der Waals surface area contributed by atoms with Gasteiger partial charge in [0.05, 0.1) is 0 Å². The fourth-order valence-corrected chi connectivity index (χ4v) is 2.44. The molecule has 0 unspecified atom stereocenters. The van der Waals surface area contributed by atoms with Crippen LogP contribution in [-0.4, -0.2) is 19.9 Å². The van der Waals surface area contributed by atoms with E-state index in [-0.39, 0.29) is 0 Å². The Morgan fingerprint density at radius 2 is 1.68 bits per heavy atom. The van der Waals surface area contributed by atoms with Crippen LogP contribution >= 0.6 is 23.2 Å². The quantitative estimate of drug-likeness (QED) is 0.604. The van der Waals surface area contributed by atoms with E-state index in [1.54, 1.807) is 13.1 Å². The van der Waals surface area contributed by atoms with Crippen LogP contribution in [0.4, 0.5) is 0 Å². The molecule has 2 aromatic rings. The van der Waals surface area contributed by atoms with Gasteiger partial charge in [0.25, 0.3) is 0 Å². The highest BCUT2D eigenvalue weighted by Crippen LogP contribution is 2.23. The monoisotopic (exact) mass is 336 g/mol. The van der Waals surface area contributed by atoms with Crippen molar-refractivity contribution in [1.29, 1.82) is 0 Å². The Kier molecular flexibility index (Phi) is 8.00. The predicted octanol–water partition coefficient (Wildman–Crippen LogP) is 5.21. The largest absolute Gasteiger partial charge is 0.373 e. The number of benzene rings is 2. The molecular weight excluding hydrogens is 315 g/mol. The molecule has 0 saturated heterocycles. The van der Waals surface area contributed by atoms with Crippen molar-refractivity contribution in [1.82, 2.24) is 5.32 Å². The fraction of sp³-hybridized carbons (Fsp3) is 0.278. The SMILES string of the molecule is CC.CN=C(NC)c1ccc(Cc2cc(Cl)ccc2Cl)cc1. The lowest BCUT2D eigenvalue weighted by atomic mass is 10.0. The van der Waals surface area contributed by atoms with Gasteiger partial charge in [0.15, 0.2) is 0 Å². The van der Waals surface area contributed by atoms with Crippen molar-refractivity contribution in [3.05, 3.63) is 69.2 Å². The maximum absolute atomic E-state index is 6.18. The number of amidine groups is 1. The van der Waals surface area contributed by atoms with Crippen LogP contribution in [0, 0.1) is 0 Å². The summed E-state index contributed by atoms with van der Waals surface area (Å²) in [6, 6.07) is 13.8. The Morgan fingerprint density at radius 3 is 2.23 bits per heavy atom. The zero-order chi connectivity index (χ0) is 16.5. The van der Waals surface area contributed by atoms with Crippen LogP contribution < -0.4 is 5.32 Å². The number of hydrogen-bond acceptors (Lipinski definition) is 1. The van der Waals surface area contributed by atoms with Gasteiger partial charge in [0.2, 0.25) is 0 Å². The van der Waals surface area contributed by atoms with Crippen LogP contribution in [0.25, 0.3) is 0 Å². The van der Waals surface area contributed by atoms with Crippen LogP contribution in [-0.2, 0) is 6.42 Å². The summed E-state index contributed by atoms with van der Waals surface area (Å²) in [5.74, 6) is 0.873. The summed E-state index contributed by atoms with van der Waals surface area (Å²) in [6.45, 7) is 4.00. The average molecular weight is 337 g/mol. The number of aliphatic imine (C=N–C) groups is 1. The van der Waals surface area contributed by atoms with E-state index >= 15 is 0 Å². The molecule has 0 saturated carbocycles. The molecule has 0 atom stereocenters. The predicted molar refractivity (Wildman–Crippen MR) is 98.6 cm³/mol. The lowest BCUT2D eigenvalue weighted by Gasteiger charge is -2.08. The second-order valence-corrected chi connectivity index (χ2v) is 5.28. The second-order valence-electron chi connectivity index (χ2n) is 4.43. The maximum Gasteiger partial charge on any atom is 0.127 e. The minimum Gasteiger partial charge on any atom is -0.373 e. The summed E-state index contributed by atoms with van der Waals surface area (Å²) < 4.78 is 0. The van der Waals surface area contributed by atoms with Crippen LogP contribution in [0.15, 0.2) is 47.5 Å². The van der Waals surface area contributed by atoms with Crippen molar-refractivity contribution in [3.8, 4) is 0 Å². The van der Waals surface area contributed by atoms with Gasteiger partial charge in [-0.3, -0.25) is 4.99 Å². The van der Waals surface area contributed by atoms with E-state index in [9.17, 15) is 0 Å². The molecule has 0 amide bonds. The van der Waals surface area contributed by atoms with Gasteiger partial charge in [-0.25, -0.2) is 0 Å². The Labute approximate surface area is 143 Å². The molecule has 22 heavy (non-hydrogen) atoms. The molecule has 0 aliphatic heterocycles. The molecule has 0 aliphatic rings. The minimum atomic E-state index is 0.705. The minimum absolute atomic E-state index is 0.705. The first-order valence-corrected chi connectivity index (χ1v) is 8.07. The Bertz CT molecular complexity index is 619. The Hall–Kier alpha value is -1.51.